The Morgan fingerprint density at radius 2 is 1.96 bits per heavy atom. The topological polar surface area (TPSA) is 87.6 Å². The lowest BCUT2D eigenvalue weighted by Gasteiger charge is -2.00. The molecule has 0 unspecified atom stereocenters. The number of halogens is 1. The summed E-state index contributed by atoms with van der Waals surface area (Å²) in [5, 5.41) is 13.0. The first-order valence-electron chi connectivity index (χ1n) is 7.78. The van der Waals surface area contributed by atoms with Crippen LogP contribution in [0.1, 0.15) is 26.6 Å². The van der Waals surface area contributed by atoms with Gasteiger partial charge in [0.1, 0.15) is 17.5 Å². The Balaban J connectivity index is 1.54. The average Bonchev–Trinajstić information content (AvgIpc) is 3.36. The van der Waals surface area contributed by atoms with E-state index in [1.54, 1.807) is 30.3 Å². The molecule has 0 N–H and O–H groups in total. The van der Waals surface area contributed by atoms with Crippen molar-refractivity contribution in [2.24, 2.45) is 0 Å². The molecule has 3 heterocycles. The quantitative estimate of drug-likeness (QED) is 0.379. The van der Waals surface area contributed by atoms with Crippen LogP contribution >= 0.6 is 22.9 Å². The summed E-state index contributed by atoms with van der Waals surface area (Å²) in [5.74, 6) is -1.44. The zero-order chi connectivity index (χ0) is 19.0. The van der Waals surface area contributed by atoms with Gasteiger partial charge in [-0.15, -0.1) is 11.3 Å². The predicted molar refractivity (Wildman–Crippen MR) is 99.9 cm³/mol. The Bertz CT molecular complexity index is 1180. The van der Waals surface area contributed by atoms with Gasteiger partial charge in [0.25, 0.3) is 0 Å². The molecular weight excluding hydrogens is 388 g/mol. The molecule has 8 heteroatoms. The van der Waals surface area contributed by atoms with Gasteiger partial charge in [-0.2, -0.15) is 0 Å². The number of carbonyl (C=O) groups is 2. The minimum atomic E-state index is -1.38. The van der Waals surface area contributed by atoms with Crippen molar-refractivity contribution in [2.45, 2.75) is 0 Å². The molecule has 0 spiro atoms. The third-order valence-corrected chi connectivity index (χ3v) is 4.94. The summed E-state index contributed by atoms with van der Waals surface area (Å²) in [5.41, 5.74) is 1.77. The van der Waals surface area contributed by atoms with Crippen molar-refractivity contribution in [1.82, 2.24) is 9.38 Å². The van der Waals surface area contributed by atoms with Crippen molar-refractivity contribution < 1.29 is 19.1 Å². The number of aromatic nitrogens is 2. The molecule has 0 aliphatic heterocycles. The number of ketones is 1. The lowest BCUT2D eigenvalue weighted by molar-refractivity contribution is -0.257. The Morgan fingerprint density at radius 1 is 1.19 bits per heavy atom. The molecule has 0 bridgehead atoms. The zero-order valence-corrected chi connectivity index (χ0v) is 15.2. The minimum absolute atomic E-state index is 0.197. The first kappa shape index (κ1) is 17.3. The van der Waals surface area contributed by atoms with E-state index in [4.69, 9.17) is 16.0 Å². The molecule has 0 saturated carbocycles. The number of fused-ring (bicyclic) bond motifs is 1. The molecule has 1 aromatic carbocycles. The van der Waals surface area contributed by atoms with E-state index in [0.717, 1.165) is 4.96 Å². The van der Waals surface area contributed by atoms with E-state index in [1.165, 1.54) is 29.5 Å². The number of allylic oxidation sites excluding steroid dienone is 1. The summed E-state index contributed by atoms with van der Waals surface area (Å²) < 4.78 is 7.00. The Morgan fingerprint density at radius 3 is 2.67 bits per heavy atom. The highest BCUT2D eigenvalue weighted by Crippen LogP contribution is 2.24. The molecule has 0 aliphatic rings. The summed E-state index contributed by atoms with van der Waals surface area (Å²) in [6.07, 6.45) is 4.90. The van der Waals surface area contributed by atoms with Gasteiger partial charge < -0.3 is 14.3 Å². The average molecular weight is 398 g/mol. The van der Waals surface area contributed by atoms with Gasteiger partial charge in [-0.05, 0) is 24.3 Å². The summed E-state index contributed by atoms with van der Waals surface area (Å²) in [4.78, 5) is 28.1. The monoisotopic (exact) mass is 397 g/mol. The lowest BCUT2D eigenvalue weighted by Crippen LogP contribution is -2.21. The molecule has 27 heavy (non-hydrogen) atoms. The van der Waals surface area contributed by atoms with E-state index < -0.39 is 5.97 Å². The van der Waals surface area contributed by atoms with Crippen LogP contribution in [0.25, 0.3) is 22.4 Å². The maximum Gasteiger partial charge on any atom is 0.195 e. The Labute approximate surface area is 162 Å². The van der Waals surface area contributed by atoms with Gasteiger partial charge >= 0.3 is 0 Å². The molecule has 0 aliphatic carbocycles. The highest BCUT2D eigenvalue weighted by Gasteiger charge is 2.10. The maximum atomic E-state index is 12.4. The fourth-order valence-corrected chi connectivity index (χ4v) is 3.58. The van der Waals surface area contributed by atoms with E-state index in [9.17, 15) is 14.7 Å². The molecule has 134 valence electrons. The molecule has 3 aromatic heterocycles. The summed E-state index contributed by atoms with van der Waals surface area (Å²) in [6.45, 7) is 0. The van der Waals surface area contributed by atoms with Crippen LogP contribution in [0.5, 0.6) is 0 Å². The lowest BCUT2D eigenvalue weighted by atomic mass is 10.1. The fourth-order valence-electron chi connectivity index (χ4n) is 2.58. The smallest absolute Gasteiger partial charge is 0.195 e. The van der Waals surface area contributed by atoms with Crippen LogP contribution in [0.2, 0.25) is 5.15 Å². The second kappa shape index (κ2) is 6.86. The van der Waals surface area contributed by atoms with Gasteiger partial charge in [0.05, 0.1) is 5.69 Å². The highest BCUT2D eigenvalue weighted by molar-refractivity contribution is 7.15. The van der Waals surface area contributed by atoms with Gasteiger partial charge in [-0.25, -0.2) is 4.98 Å². The molecule has 0 amide bonds. The zero-order valence-electron chi connectivity index (χ0n) is 13.6. The van der Waals surface area contributed by atoms with Crippen LogP contribution < -0.4 is 5.11 Å². The molecule has 0 saturated heterocycles. The van der Waals surface area contributed by atoms with Crippen molar-refractivity contribution in [3.63, 3.8) is 0 Å². The largest absolute Gasteiger partial charge is 0.542 e. The SMILES string of the molecule is O=C(/C=C/c1c(Cl)nc2sccn12)c1ccc(-c2ccc(C(=O)[O-])o2)cc1. The molecule has 0 atom stereocenters. The van der Waals surface area contributed by atoms with Crippen molar-refractivity contribution in [3.05, 3.63) is 76.2 Å². The Hall–Kier alpha value is -3.16. The van der Waals surface area contributed by atoms with E-state index in [1.807, 2.05) is 16.0 Å². The number of carboxylic acids is 1. The normalized spacial score (nSPS) is 11.4. The number of nitrogens with zero attached hydrogens (tertiary/aromatic N) is 2. The van der Waals surface area contributed by atoms with Crippen molar-refractivity contribution in [1.29, 1.82) is 0 Å². The number of aromatic carboxylic acids is 1. The number of imidazole rings is 1. The van der Waals surface area contributed by atoms with Crippen LogP contribution in [0.4, 0.5) is 0 Å². The van der Waals surface area contributed by atoms with Crippen molar-refractivity contribution in [3.8, 4) is 11.3 Å². The fraction of sp³-hybridized carbons (Fsp3) is 0. The van der Waals surface area contributed by atoms with Gasteiger partial charge in [0, 0.05) is 22.7 Å². The summed E-state index contributed by atoms with van der Waals surface area (Å²) in [7, 11) is 0. The van der Waals surface area contributed by atoms with Gasteiger partial charge in [0.15, 0.2) is 15.9 Å². The minimum Gasteiger partial charge on any atom is -0.542 e. The molecular formula is C19H10ClN2O4S-. The predicted octanol–water partition coefficient (Wildman–Crippen LogP) is 3.57. The molecule has 4 rings (SSSR count). The number of rotatable bonds is 5. The van der Waals surface area contributed by atoms with Crippen LogP contribution in [0, 0.1) is 0 Å². The highest BCUT2D eigenvalue weighted by atomic mass is 35.5. The molecule has 4 aromatic rings. The number of furan rings is 1. The Kier molecular flexibility index (Phi) is 4.39. The van der Waals surface area contributed by atoms with Crippen molar-refractivity contribution in [2.75, 3.05) is 0 Å². The van der Waals surface area contributed by atoms with Gasteiger partial charge in [-0.1, -0.05) is 35.9 Å². The van der Waals surface area contributed by atoms with Gasteiger partial charge in [-0.3, -0.25) is 9.20 Å². The second-order valence-corrected chi connectivity index (χ2v) is 6.80. The van der Waals surface area contributed by atoms with Crippen LogP contribution in [-0.2, 0) is 0 Å². The first-order chi connectivity index (χ1) is 13.0. The van der Waals surface area contributed by atoms with E-state index in [0.29, 0.717) is 27.7 Å². The summed E-state index contributed by atoms with van der Waals surface area (Å²) in [6, 6.07) is 9.51. The number of hydrogen-bond donors (Lipinski definition) is 0. The van der Waals surface area contributed by atoms with Crippen LogP contribution in [0.15, 0.2) is 58.5 Å². The van der Waals surface area contributed by atoms with E-state index >= 15 is 0 Å². The number of hydrogen-bond acceptors (Lipinski definition) is 6. The van der Waals surface area contributed by atoms with E-state index in [2.05, 4.69) is 4.98 Å². The van der Waals surface area contributed by atoms with Crippen molar-refractivity contribution >= 4 is 45.7 Å². The number of thiazole rings is 1. The second-order valence-electron chi connectivity index (χ2n) is 5.57. The van der Waals surface area contributed by atoms with Crippen LogP contribution in [-0.4, -0.2) is 21.1 Å². The third-order valence-electron chi connectivity index (χ3n) is 3.91. The van der Waals surface area contributed by atoms with Gasteiger partial charge in [0.2, 0.25) is 0 Å². The molecule has 0 fully saturated rings. The standard InChI is InChI=1S/C19H11ClN2O4S/c20-17-13(22-9-10-27-19(22)21-17)5-6-14(23)11-1-3-12(4-2-11)15-7-8-16(26-15)18(24)25/h1-10H,(H,24,25)/p-1/b6-5+. The van der Waals surface area contributed by atoms with E-state index in [-0.39, 0.29) is 11.5 Å². The number of carboxylic acid groups (broad SMARTS) is 1. The third kappa shape index (κ3) is 3.30. The summed E-state index contributed by atoms with van der Waals surface area (Å²) >= 11 is 7.56. The van der Waals surface area contributed by atoms with Crippen LogP contribution in [0.3, 0.4) is 0 Å². The first-order valence-corrected chi connectivity index (χ1v) is 9.04. The molecule has 6 nitrogen and oxygen atoms in total. The maximum absolute atomic E-state index is 12.4. The number of carbonyl (C=O) groups excluding carboxylic acids is 2. The number of benzene rings is 1. The molecule has 0 radical (unpaired) electrons.